The quantitative estimate of drug-likeness (QED) is 0.861. The van der Waals surface area contributed by atoms with Gasteiger partial charge in [0.1, 0.15) is 0 Å². The summed E-state index contributed by atoms with van der Waals surface area (Å²) in [5, 5.41) is 11.8. The number of carboxylic acids is 1. The molecule has 18 heavy (non-hydrogen) atoms. The van der Waals surface area contributed by atoms with E-state index in [0.717, 1.165) is 6.42 Å². The van der Waals surface area contributed by atoms with Crippen molar-refractivity contribution >= 4 is 29.2 Å². The van der Waals surface area contributed by atoms with Crippen LogP contribution in [0.3, 0.4) is 0 Å². The molecule has 0 spiro atoms. The zero-order valence-corrected chi connectivity index (χ0v) is 11.1. The van der Waals surface area contributed by atoms with Gasteiger partial charge in [0.15, 0.2) is 0 Å². The zero-order valence-electron chi connectivity index (χ0n) is 10.4. The highest BCUT2D eigenvalue weighted by Crippen LogP contribution is 2.26. The number of anilines is 1. The van der Waals surface area contributed by atoms with Crippen LogP contribution in [0.1, 0.15) is 37.0 Å². The number of hydrogen-bond acceptors (Lipinski definition) is 2. The van der Waals surface area contributed by atoms with Crippen LogP contribution in [0.5, 0.6) is 0 Å². The molecule has 0 unspecified atom stereocenters. The molecule has 0 aromatic heterocycles. The van der Waals surface area contributed by atoms with E-state index in [1.165, 1.54) is 12.1 Å². The van der Waals surface area contributed by atoms with Crippen molar-refractivity contribution in [2.45, 2.75) is 26.7 Å². The fourth-order valence-corrected chi connectivity index (χ4v) is 1.67. The number of benzene rings is 1. The minimum Gasteiger partial charge on any atom is -0.478 e. The molecule has 0 heterocycles. The Hall–Kier alpha value is -1.55. The molecule has 0 aliphatic rings. The summed E-state index contributed by atoms with van der Waals surface area (Å²) in [6, 6.07) is 4.49. The Morgan fingerprint density at radius 1 is 1.39 bits per heavy atom. The van der Waals surface area contributed by atoms with Gasteiger partial charge in [0.05, 0.1) is 16.3 Å². The molecule has 4 nitrogen and oxygen atoms in total. The van der Waals surface area contributed by atoms with Crippen LogP contribution in [-0.2, 0) is 4.79 Å². The van der Waals surface area contributed by atoms with E-state index in [1.54, 1.807) is 6.07 Å². The summed E-state index contributed by atoms with van der Waals surface area (Å²) in [4.78, 5) is 22.7. The number of halogens is 1. The van der Waals surface area contributed by atoms with Crippen LogP contribution < -0.4 is 5.32 Å². The maximum atomic E-state index is 11.7. The van der Waals surface area contributed by atoms with Gasteiger partial charge in [0.2, 0.25) is 5.91 Å². The van der Waals surface area contributed by atoms with Gasteiger partial charge in [-0.2, -0.15) is 0 Å². The minimum atomic E-state index is -1.11. The van der Waals surface area contributed by atoms with Crippen molar-refractivity contribution in [3.63, 3.8) is 0 Å². The number of amides is 1. The van der Waals surface area contributed by atoms with Gasteiger partial charge in [0, 0.05) is 6.42 Å². The van der Waals surface area contributed by atoms with Crippen molar-refractivity contribution in [1.29, 1.82) is 0 Å². The van der Waals surface area contributed by atoms with Gasteiger partial charge >= 0.3 is 5.97 Å². The number of aromatic carboxylic acids is 1. The van der Waals surface area contributed by atoms with Crippen LogP contribution in [0, 0.1) is 5.92 Å². The molecule has 5 heteroatoms. The summed E-state index contributed by atoms with van der Waals surface area (Å²) >= 11 is 5.90. The third-order valence-corrected chi connectivity index (χ3v) is 2.77. The topological polar surface area (TPSA) is 66.4 Å². The van der Waals surface area contributed by atoms with Crippen molar-refractivity contribution in [3.05, 3.63) is 28.8 Å². The van der Waals surface area contributed by atoms with E-state index in [1.807, 2.05) is 13.8 Å². The summed E-state index contributed by atoms with van der Waals surface area (Å²) < 4.78 is 0. The predicted molar refractivity (Wildman–Crippen MR) is 71.1 cm³/mol. The third kappa shape index (κ3) is 4.04. The second kappa shape index (κ2) is 6.40. The van der Waals surface area contributed by atoms with Gasteiger partial charge in [-0.05, 0) is 24.5 Å². The Balaban J connectivity index is 2.83. The number of rotatable bonds is 5. The monoisotopic (exact) mass is 269 g/mol. The van der Waals surface area contributed by atoms with Crippen molar-refractivity contribution in [2.24, 2.45) is 5.92 Å². The fourth-order valence-electron chi connectivity index (χ4n) is 1.45. The molecule has 0 aliphatic carbocycles. The highest BCUT2D eigenvalue weighted by atomic mass is 35.5. The number of hydrogen-bond donors (Lipinski definition) is 2. The molecule has 1 aromatic carbocycles. The Bertz CT molecular complexity index is 458. The standard InChI is InChI=1S/C13H16ClNO3/c1-8(2)6-7-11(16)15-12-9(13(17)18)4-3-5-10(12)14/h3-5,8H,6-7H2,1-2H3,(H,15,16)(H,17,18). The van der Waals surface area contributed by atoms with E-state index in [4.69, 9.17) is 16.7 Å². The second-order valence-electron chi connectivity index (χ2n) is 4.45. The molecule has 1 aromatic rings. The molecular weight excluding hydrogens is 254 g/mol. The van der Waals surface area contributed by atoms with Gasteiger partial charge in [-0.25, -0.2) is 4.79 Å². The highest BCUT2D eigenvalue weighted by molar-refractivity contribution is 6.34. The molecule has 0 bridgehead atoms. The summed E-state index contributed by atoms with van der Waals surface area (Å²) in [5.74, 6) is -0.920. The van der Waals surface area contributed by atoms with Crippen molar-refractivity contribution < 1.29 is 14.7 Å². The Morgan fingerprint density at radius 3 is 2.61 bits per heavy atom. The first-order chi connectivity index (χ1) is 8.41. The van der Waals surface area contributed by atoms with Crippen LogP contribution in [0.25, 0.3) is 0 Å². The summed E-state index contributed by atoms with van der Waals surface area (Å²) in [6.45, 7) is 4.04. The van der Waals surface area contributed by atoms with Gasteiger partial charge in [-0.1, -0.05) is 31.5 Å². The molecule has 1 rings (SSSR count). The average molecular weight is 270 g/mol. The summed E-state index contributed by atoms with van der Waals surface area (Å²) in [7, 11) is 0. The lowest BCUT2D eigenvalue weighted by atomic mass is 10.1. The number of carbonyl (C=O) groups excluding carboxylic acids is 1. The Labute approximate surface area is 111 Å². The molecule has 0 saturated carbocycles. The molecule has 0 saturated heterocycles. The number of para-hydroxylation sites is 1. The average Bonchev–Trinajstić information content (AvgIpc) is 2.28. The van der Waals surface area contributed by atoms with E-state index in [-0.39, 0.29) is 22.2 Å². The number of nitrogens with one attached hydrogen (secondary N) is 1. The van der Waals surface area contributed by atoms with Gasteiger partial charge in [0.25, 0.3) is 0 Å². The van der Waals surface area contributed by atoms with Gasteiger partial charge < -0.3 is 10.4 Å². The van der Waals surface area contributed by atoms with Crippen molar-refractivity contribution in [1.82, 2.24) is 0 Å². The maximum Gasteiger partial charge on any atom is 0.337 e. The molecule has 2 N–H and O–H groups in total. The SMILES string of the molecule is CC(C)CCC(=O)Nc1c(Cl)cccc1C(=O)O. The lowest BCUT2D eigenvalue weighted by molar-refractivity contribution is -0.116. The van der Waals surface area contributed by atoms with Crippen LogP contribution in [0.15, 0.2) is 18.2 Å². The zero-order chi connectivity index (χ0) is 13.7. The van der Waals surface area contributed by atoms with Crippen LogP contribution >= 0.6 is 11.6 Å². The molecule has 98 valence electrons. The molecule has 0 atom stereocenters. The minimum absolute atomic E-state index is 0.000368. The number of carbonyl (C=O) groups is 2. The molecule has 0 fully saturated rings. The van der Waals surface area contributed by atoms with E-state index in [2.05, 4.69) is 5.32 Å². The van der Waals surface area contributed by atoms with E-state index < -0.39 is 5.97 Å². The lowest BCUT2D eigenvalue weighted by Gasteiger charge is -2.11. The first-order valence-corrected chi connectivity index (χ1v) is 6.11. The van der Waals surface area contributed by atoms with Crippen LogP contribution in [0.4, 0.5) is 5.69 Å². The third-order valence-electron chi connectivity index (χ3n) is 2.46. The first-order valence-electron chi connectivity index (χ1n) is 5.73. The Morgan fingerprint density at radius 2 is 2.06 bits per heavy atom. The highest BCUT2D eigenvalue weighted by Gasteiger charge is 2.15. The Kier molecular flexibility index (Phi) is 5.16. The normalized spacial score (nSPS) is 10.4. The van der Waals surface area contributed by atoms with Crippen molar-refractivity contribution in [3.8, 4) is 0 Å². The molecular formula is C13H16ClNO3. The van der Waals surface area contributed by atoms with Gasteiger partial charge in [-0.15, -0.1) is 0 Å². The van der Waals surface area contributed by atoms with Crippen LogP contribution in [0.2, 0.25) is 5.02 Å². The smallest absolute Gasteiger partial charge is 0.337 e. The van der Waals surface area contributed by atoms with E-state index >= 15 is 0 Å². The van der Waals surface area contributed by atoms with Crippen LogP contribution in [-0.4, -0.2) is 17.0 Å². The molecule has 0 radical (unpaired) electrons. The molecule has 1 amide bonds. The predicted octanol–water partition coefficient (Wildman–Crippen LogP) is 3.41. The van der Waals surface area contributed by atoms with Crippen molar-refractivity contribution in [2.75, 3.05) is 5.32 Å². The lowest BCUT2D eigenvalue weighted by Crippen LogP contribution is -2.15. The number of carboxylic acid groups (broad SMARTS) is 1. The summed E-state index contributed by atoms with van der Waals surface area (Å²) in [6.07, 6.45) is 1.10. The maximum absolute atomic E-state index is 11.7. The fraction of sp³-hybridized carbons (Fsp3) is 0.385. The summed E-state index contributed by atoms with van der Waals surface area (Å²) in [5.41, 5.74) is 0.167. The van der Waals surface area contributed by atoms with Gasteiger partial charge in [-0.3, -0.25) is 4.79 Å². The van der Waals surface area contributed by atoms with E-state index in [9.17, 15) is 9.59 Å². The molecule has 0 aliphatic heterocycles. The first kappa shape index (κ1) is 14.5. The largest absolute Gasteiger partial charge is 0.478 e. The second-order valence-corrected chi connectivity index (χ2v) is 4.86. The van der Waals surface area contributed by atoms with E-state index in [0.29, 0.717) is 12.3 Å².